The average molecular weight is 1250 g/mol. The van der Waals surface area contributed by atoms with Crippen molar-refractivity contribution >= 4 is 70.9 Å². The van der Waals surface area contributed by atoms with Gasteiger partial charge in [0.25, 0.3) is 0 Å². The summed E-state index contributed by atoms with van der Waals surface area (Å²) < 4.78 is 37.5. The number of likely N-dealkylation sites (tertiary alicyclic amines) is 4. The van der Waals surface area contributed by atoms with Crippen LogP contribution in [0.1, 0.15) is 81.1 Å². The highest BCUT2D eigenvalue weighted by molar-refractivity contribution is 6.04. The Labute approximate surface area is 510 Å². The van der Waals surface area contributed by atoms with Gasteiger partial charge in [-0.1, -0.05) is 0 Å². The van der Waals surface area contributed by atoms with Crippen LogP contribution in [-0.4, -0.2) is 243 Å². The zero-order chi connectivity index (χ0) is 66.8. The summed E-state index contributed by atoms with van der Waals surface area (Å²) in [6, 6.07) is 0. The molecule has 0 bridgehead atoms. The van der Waals surface area contributed by atoms with Gasteiger partial charge in [-0.05, 0) is 55.4 Å². The van der Waals surface area contributed by atoms with E-state index in [1.54, 1.807) is 75.0 Å². The summed E-state index contributed by atoms with van der Waals surface area (Å²) in [4.78, 5) is 149. The predicted octanol–water partition coefficient (Wildman–Crippen LogP) is -0.487. The van der Waals surface area contributed by atoms with Crippen molar-refractivity contribution in [1.82, 2.24) is 19.6 Å². The Kier molecular flexibility index (Phi) is 21.2. The molecular weight excluding hydrogens is 1160 g/mol. The second kappa shape index (κ2) is 26.3. The molecule has 0 unspecified atom stereocenters. The number of nitrogens with zero attached hydrogens (tertiary/aromatic N) is 4. The third-order valence-electron chi connectivity index (χ3n) is 19.1. The summed E-state index contributed by atoms with van der Waals surface area (Å²) in [5, 5.41) is 44.5. The molecule has 0 amide bonds. The van der Waals surface area contributed by atoms with Gasteiger partial charge in [0.15, 0.2) is 23.1 Å². The quantitative estimate of drug-likeness (QED) is 0.112. The Bertz CT molecular complexity index is 2600. The van der Waals surface area contributed by atoms with E-state index in [0.717, 1.165) is 0 Å². The van der Waals surface area contributed by atoms with Crippen LogP contribution in [0.5, 0.6) is 0 Å². The van der Waals surface area contributed by atoms with E-state index >= 15 is 0 Å². The molecule has 4 N–H and O–H groups in total. The van der Waals surface area contributed by atoms with Crippen molar-refractivity contribution in [3.63, 3.8) is 0 Å². The van der Waals surface area contributed by atoms with Crippen molar-refractivity contribution in [2.45, 2.75) is 103 Å². The van der Waals surface area contributed by atoms with E-state index in [4.69, 9.17) is 18.9 Å². The van der Waals surface area contributed by atoms with Gasteiger partial charge in [0.05, 0.1) is 127 Å². The molecule has 0 radical (unpaired) electrons. The number of hydrogen-bond donors (Lipinski definition) is 4. The topological polar surface area (TPSA) is 373 Å². The first-order valence-electron chi connectivity index (χ1n) is 28.3. The van der Waals surface area contributed by atoms with Crippen LogP contribution in [0.25, 0.3) is 0 Å². The van der Waals surface area contributed by atoms with Gasteiger partial charge in [0.1, 0.15) is 46.1 Å². The molecule has 4 aliphatic carbocycles. The SMILES string of the molecule is COC(=O)CCN1C[C@@H](C(=O)OC)[C@@]2(O)C1=CC(=O)C2(C)C.COC(=O)CCN1C[C@@H](C(=O)OC)[C@@]2(O)C1=CC(=O)C2(C)C.COC(=O)CCN1C[C@H](C(=O)OC)[C@]2(O)C1=CC(=O)C2(C)C.COC(=O)CCN1C[C@H](C(=O)OC)[C@]2(O)C1=CC(=O)C2(C)C. The van der Waals surface area contributed by atoms with E-state index in [2.05, 4.69) is 18.9 Å². The number of hydrogen-bond acceptors (Lipinski definition) is 28. The first-order valence-corrected chi connectivity index (χ1v) is 28.3. The van der Waals surface area contributed by atoms with E-state index in [0.29, 0.717) is 22.8 Å². The first kappa shape index (κ1) is 71.2. The zero-order valence-electron chi connectivity index (χ0n) is 52.8. The molecule has 0 aromatic heterocycles. The van der Waals surface area contributed by atoms with Gasteiger partial charge in [-0.25, -0.2) is 0 Å². The molecule has 8 aliphatic rings. The second-order valence-corrected chi connectivity index (χ2v) is 24.5. The number of esters is 8. The van der Waals surface area contributed by atoms with Gasteiger partial charge in [-0.3, -0.25) is 57.5 Å². The number of ether oxygens (including phenoxy) is 8. The van der Waals surface area contributed by atoms with Crippen molar-refractivity contribution in [2.75, 3.05) is 109 Å². The molecule has 0 spiro atoms. The molecule has 4 fully saturated rings. The highest BCUT2D eigenvalue weighted by Gasteiger charge is 2.70. The van der Waals surface area contributed by atoms with Crippen LogP contribution in [0, 0.1) is 45.3 Å². The summed E-state index contributed by atoms with van der Waals surface area (Å²) in [7, 11) is 10.2. The molecule has 8 atom stereocenters. The molecule has 28 heteroatoms. The van der Waals surface area contributed by atoms with Crippen LogP contribution in [0.2, 0.25) is 0 Å². The van der Waals surface area contributed by atoms with E-state index in [1.165, 1.54) is 81.2 Å². The third-order valence-corrected chi connectivity index (χ3v) is 19.1. The summed E-state index contributed by atoms with van der Waals surface area (Å²) in [5.41, 5.74) is -9.46. The lowest BCUT2D eigenvalue weighted by atomic mass is 9.70. The minimum absolute atomic E-state index is 0.104. The summed E-state index contributed by atoms with van der Waals surface area (Å²) in [6.07, 6.45) is 5.86. The number of aliphatic hydroxyl groups is 4. The third kappa shape index (κ3) is 11.7. The predicted molar refractivity (Wildman–Crippen MR) is 302 cm³/mol. The Hall–Kier alpha value is -7.56. The molecular formula is C60H84N4O24. The first-order chi connectivity index (χ1) is 40.8. The minimum Gasteiger partial charge on any atom is -0.469 e. The summed E-state index contributed by atoms with van der Waals surface area (Å²) in [5.74, 6) is -8.35. The molecule has 28 nitrogen and oxygen atoms in total. The molecule has 0 saturated carbocycles. The maximum atomic E-state index is 12.2. The van der Waals surface area contributed by atoms with Crippen LogP contribution in [-0.2, 0) is 95.4 Å². The lowest BCUT2D eigenvalue weighted by molar-refractivity contribution is -0.160. The smallest absolute Gasteiger partial charge is 0.313 e. The number of carbonyl (C=O) groups is 12. The lowest BCUT2D eigenvalue weighted by Gasteiger charge is -2.37. The standard InChI is InChI=1S/4C15H21NO6/c4*1-14(2)11(17)7-10-15(14,20)9(13(19)22-4)8-16(10)6-5-12(18)21-3/h4*7,9,20H,5-6,8H2,1-4H3/t4*9-,15+/m1100/s1. The Morgan fingerprint density at radius 2 is 0.500 bits per heavy atom. The molecule has 0 aromatic rings. The number of carbonyl (C=O) groups excluding carboxylic acids is 12. The lowest BCUT2D eigenvalue weighted by Crippen LogP contribution is -2.52. The Morgan fingerprint density at radius 1 is 0.341 bits per heavy atom. The molecule has 4 saturated heterocycles. The Balaban J connectivity index is 0.000000214. The van der Waals surface area contributed by atoms with Crippen LogP contribution in [0.4, 0.5) is 0 Å². The maximum absolute atomic E-state index is 12.2. The summed E-state index contributed by atoms with van der Waals surface area (Å²) in [6.45, 7) is 14.7. The molecule has 88 heavy (non-hydrogen) atoms. The molecule has 0 aromatic carbocycles. The van der Waals surface area contributed by atoms with Gasteiger partial charge in [0, 0.05) is 76.7 Å². The van der Waals surface area contributed by atoms with Crippen LogP contribution in [0.3, 0.4) is 0 Å². The number of rotatable bonds is 16. The average Bonchev–Trinajstić information content (AvgIpc) is 1.68. The van der Waals surface area contributed by atoms with E-state index < -0.39 is 115 Å². The van der Waals surface area contributed by atoms with Crippen molar-refractivity contribution in [3.05, 3.63) is 47.1 Å². The molecule has 488 valence electrons. The van der Waals surface area contributed by atoms with Crippen LogP contribution in [0.15, 0.2) is 47.1 Å². The molecule has 4 aliphatic heterocycles. The Morgan fingerprint density at radius 3 is 0.636 bits per heavy atom. The number of fused-ring (bicyclic) bond motifs is 4. The number of methoxy groups -OCH3 is 8. The van der Waals surface area contributed by atoms with Crippen molar-refractivity contribution in [1.29, 1.82) is 0 Å². The highest BCUT2D eigenvalue weighted by atomic mass is 16.6. The van der Waals surface area contributed by atoms with Gasteiger partial charge in [0.2, 0.25) is 0 Å². The fourth-order valence-electron chi connectivity index (χ4n) is 13.0. The number of ketones is 4. The maximum Gasteiger partial charge on any atom is 0.313 e. The number of allylic oxidation sites excluding steroid dienone is 4. The van der Waals surface area contributed by atoms with Crippen molar-refractivity contribution in [3.8, 4) is 0 Å². The van der Waals surface area contributed by atoms with Crippen LogP contribution < -0.4 is 0 Å². The van der Waals surface area contributed by atoms with Gasteiger partial charge >= 0.3 is 47.8 Å². The largest absolute Gasteiger partial charge is 0.469 e. The monoisotopic (exact) mass is 1240 g/mol. The van der Waals surface area contributed by atoms with E-state index in [1.807, 2.05) is 0 Å². The zero-order valence-corrected chi connectivity index (χ0v) is 52.8. The van der Waals surface area contributed by atoms with Gasteiger partial charge < -0.3 is 77.9 Å². The fraction of sp³-hybridized carbons (Fsp3) is 0.667. The summed E-state index contributed by atoms with van der Waals surface area (Å²) >= 11 is 0. The van der Waals surface area contributed by atoms with Crippen LogP contribution >= 0.6 is 0 Å². The van der Waals surface area contributed by atoms with Crippen molar-refractivity contribution in [2.24, 2.45) is 45.3 Å². The van der Waals surface area contributed by atoms with Gasteiger partial charge in [-0.15, -0.1) is 0 Å². The van der Waals surface area contributed by atoms with Gasteiger partial charge in [-0.2, -0.15) is 0 Å². The fourth-order valence-corrected chi connectivity index (χ4v) is 13.0. The van der Waals surface area contributed by atoms with E-state index in [-0.39, 0.29) is 101 Å². The second-order valence-electron chi connectivity index (χ2n) is 24.5. The normalized spacial score (nSPS) is 29.1. The van der Waals surface area contributed by atoms with Crippen molar-refractivity contribution < 1.29 is 116 Å². The minimum atomic E-state index is -1.62. The molecule has 8 rings (SSSR count). The molecule has 4 heterocycles. The van der Waals surface area contributed by atoms with E-state index in [9.17, 15) is 78.0 Å². The highest BCUT2D eigenvalue weighted by Crippen LogP contribution is 2.57.